The largest absolute Gasteiger partial charge is 0.466 e. The first-order valence-corrected chi connectivity index (χ1v) is 10.5. The Morgan fingerprint density at radius 2 is 1.82 bits per heavy atom. The maximum absolute atomic E-state index is 10.8. The summed E-state index contributed by atoms with van der Waals surface area (Å²) in [5, 5.41) is 0. The van der Waals surface area contributed by atoms with E-state index in [1.807, 2.05) is 11.8 Å². The number of ether oxygens (including phenoxy) is 1. The normalized spacial score (nSPS) is 14.0. The van der Waals surface area contributed by atoms with E-state index in [2.05, 4.69) is 66.6 Å². The van der Waals surface area contributed by atoms with E-state index < -0.39 is 0 Å². The third-order valence-electron chi connectivity index (χ3n) is 4.72. The molecule has 3 rings (SSSR count). The lowest BCUT2D eigenvalue weighted by atomic mass is 9.93. The molecule has 1 aliphatic heterocycles. The summed E-state index contributed by atoms with van der Waals surface area (Å²) < 4.78 is 5.00. The number of nitrogens with zero attached hydrogens (tertiary/aromatic N) is 1. The number of benzene rings is 2. The average molecular weight is 418 g/mol. The fraction of sp³-hybridized carbons (Fsp3) is 0.348. The van der Waals surface area contributed by atoms with Gasteiger partial charge in [-0.05, 0) is 48.2 Å². The Hall–Kier alpha value is -1.75. The molecule has 1 heterocycles. The van der Waals surface area contributed by atoms with Crippen molar-refractivity contribution in [2.24, 2.45) is 0 Å². The van der Waals surface area contributed by atoms with Gasteiger partial charge in [0.2, 0.25) is 0 Å². The Kier molecular flexibility index (Phi) is 9.10. The Labute approximate surface area is 178 Å². The van der Waals surface area contributed by atoms with Gasteiger partial charge in [0.1, 0.15) is 0 Å². The van der Waals surface area contributed by atoms with E-state index in [0.29, 0.717) is 6.61 Å². The van der Waals surface area contributed by atoms with Crippen molar-refractivity contribution in [3.8, 4) is 0 Å². The van der Waals surface area contributed by atoms with Gasteiger partial charge in [-0.15, -0.1) is 24.2 Å². The van der Waals surface area contributed by atoms with Gasteiger partial charge < -0.3 is 9.64 Å². The lowest BCUT2D eigenvalue weighted by Crippen LogP contribution is -2.22. The number of fused-ring (bicyclic) bond motifs is 2. The van der Waals surface area contributed by atoms with Gasteiger partial charge >= 0.3 is 5.97 Å². The lowest BCUT2D eigenvalue weighted by Gasteiger charge is -2.16. The van der Waals surface area contributed by atoms with Crippen LogP contribution in [0.1, 0.15) is 36.5 Å². The van der Waals surface area contributed by atoms with Crippen molar-refractivity contribution in [1.29, 1.82) is 0 Å². The van der Waals surface area contributed by atoms with Gasteiger partial charge in [0, 0.05) is 30.7 Å². The second-order valence-electron chi connectivity index (χ2n) is 6.85. The second-order valence-corrected chi connectivity index (χ2v) is 7.86. The minimum atomic E-state index is -0.203. The van der Waals surface area contributed by atoms with Crippen LogP contribution in [0.3, 0.4) is 0 Å². The summed E-state index contributed by atoms with van der Waals surface area (Å²) in [7, 11) is 2.12. The number of thioether (sulfide) groups is 1. The van der Waals surface area contributed by atoms with Crippen LogP contribution < -0.4 is 0 Å². The van der Waals surface area contributed by atoms with Crippen LogP contribution in [0.4, 0.5) is 0 Å². The van der Waals surface area contributed by atoms with E-state index in [4.69, 9.17) is 4.74 Å². The fourth-order valence-corrected chi connectivity index (χ4v) is 4.41. The molecule has 0 aromatic heterocycles. The van der Waals surface area contributed by atoms with Gasteiger partial charge in [0.05, 0.1) is 6.61 Å². The molecule has 1 aliphatic rings. The monoisotopic (exact) mass is 417 g/mol. The highest BCUT2D eigenvalue weighted by Crippen LogP contribution is 2.39. The smallest absolute Gasteiger partial charge is 0.302 e. The molecular formula is C23H28ClNO2S. The highest BCUT2D eigenvalue weighted by atomic mass is 35.5. The highest BCUT2D eigenvalue weighted by Gasteiger charge is 2.17. The zero-order valence-electron chi connectivity index (χ0n) is 16.5. The molecule has 0 bridgehead atoms. The Bertz CT molecular complexity index is 772. The molecule has 0 spiro atoms. The minimum Gasteiger partial charge on any atom is -0.466 e. The first-order chi connectivity index (χ1) is 13.1. The van der Waals surface area contributed by atoms with Crippen molar-refractivity contribution in [2.45, 2.75) is 30.4 Å². The third kappa shape index (κ3) is 6.13. The summed E-state index contributed by atoms with van der Waals surface area (Å²) >= 11 is 1.92. The fourth-order valence-electron chi connectivity index (χ4n) is 3.34. The zero-order chi connectivity index (χ0) is 19.1. The molecule has 0 unspecified atom stereocenters. The molecule has 5 heteroatoms. The first kappa shape index (κ1) is 22.5. The Balaban J connectivity index is 0.00000280. The molecule has 150 valence electrons. The molecule has 28 heavy (non-hydrogen) atoms. The lowest BCUT2D eigenvalue weighted by molar-refractivity contribution is -0.141. The van der Waals surface area contributed by atoms with Gasteiger partial charge in [0.25, 0.3) is 0 Å². The summed E-state index contributed by atoms with van der Waals surface area (Å²) in [6, 6.07) is 17.4. The van der Waals surface area contributed by atoms with Gasteiger partial charge in [-0.2, -0.15) is 0 Å². The van der Waals surface area contributed by atoms with E-state index in [1.54, 1.807) is 0 Å². The van der Waals surface area contributed by atoms with Crippen molar-refractivity contribution in [1.82, 2.24) is 4.90 Å². The number of rotatable bonds is 7. The van der Waals surface area contributed by atoms with Gasteiger partial charge in [-0.1, -0.05) is 48.5 Å². The number of halogens is 1. The van der Waals surface area contributed by atoms with Gasteiger partial charge in [-0.25, -0.2) is 0 Å². The number of hydrogen-bond acceptors (Lipinski definition) is 4. The van der Waals surface area contributed by atoms with E-state index >= 15 is 0 Å². The predicted octanol–water partition coefficient (Wildman–Crippen LogP) is 5.42. The van der Waals surface area contributed by atoms with E-state index in [-0.39, 0.29) is 18.4 Å². The van der Waals surface area contributed by atoms with E-state index in [1.165, 1.54) is 34.1 Å². The number of hydrogen-bond donors (Lipinski definition) is 0. The number of carbonyl (C=O) groups excluding carboxylic acids is 1. The quantitative estimate of drug-likeness (QED) is 0.444. The summed E-state index contributed by atoms with van der Waals surface area (Å²) in [6.07, 6.45) is 4.24. The van der Waals surface area contributed by atoms with Crippen LogP contribution in [0.5, 0.6) is 0 Å². The third-order valence-corrected chi connectivity index (χ3v) is 5.84. The van der Waals surface area contributed by atoms with Crippen molar-refractivity contribution in [3.63, 3.8) is 0 Å². The molecule has 0 radical (unpaired) electrons. The zero-order valence-corrected chi connectivity index (χ0v) is 18.2. The van der Waals surface area contributed by atoms with E-state index in [9.17, 15) is 4.79 Å². The number of esters is 1. The first-order valence-electron chi connectivity index (χ1n) is 9.47. The topological polar surface area (TPSA) is 29.5 Å². The maximum atomic E-state index is 10.8. The Morgan fingerprint density at radius 3 is 2.61 bits per heavy atom. The van der Waals surface area contributed by atoms with Crippen LogP contribution >= 0.6 is 24.2 Å². The van der Waals surface area contributed by atoms with Crippen molar-refractivity contribution < 1.29 is 9.53 Å². The summed E-state index contributed by atoms with van der Waals surface area (Å²) in [5.41, 5.74) is 5.44. The standard InChI is InChI=1S/C23H27NO2S.ClH/c1-18(25)26-16-8-15-24(2)14-7-12-21-20-10-4-3-9-19(20)17-27-23-13-6-5-11-22(21)23;/h3-6,9-13H,7-8,14-17H2,1-2H3;1H. The summed E-state index contributed by atoms with van der Waals surface area (Å²) in [6.45, 7) is 3.87. The molecule has 2 aromatic carbocycles. The van der Waals surface area contributed by atoms with Crippen LogP contribution in [0.2, 0.25) is 0 Å². The van der Waals surface area contributed by atoms with Gasteiger partial charge in [0.15, 0.2) is 0 Å². The van der Waals surface area contributed by atoms with Crippen molar-refractivity contribution in [2.75, 3.05) is 26.7 Å². The summed E-state index contributed by atoms with van der Waals surface area (Å²) in [5.74, 6) is 0.812. The molecular weight excluding hydrogens is 390 g/mol. The van der Waals surface area contributed by atoms with Crippen molar-refractivity contribution in [3.05, 3.63) is 71.3 Å². The predicted molar refractivity (Wildman–Crippen MR) is 120 cm³/mol. The molecule has 0 saturated heterocycles. The van der Waals surface area contributed by atoms with Crippen LogP contribution in [-0.4, -0.2) is 37.6 Å². The molecule has 0 amide bonds. The molecule has 0 aliphatic carbocycles. The molecule has 0 N–H and O–H groups in total. The van der Waals surface area contributed by atoms with Crippen LogP contribution in [0.15, 0.2) is 59.5 Å². The van der Waals surface area contributed by atoms with E-state index in [0.717, 1.165) is 31.7 Å². The van der Waals surface area contributed by atoms with Gasteiger partial charge in [-0.3, -0.25) is 4.79 Å². The molecule has 2 aromatic rings. The minimum absolute atomic E-state index is 0. The van der Waals surface area contributed by atoms with Crippen LogP contribution in [0.25, 0.3) is 5.57 Å². The second kappa shape index (κ2) is 11.3. The molecule has 3 nitrogen and oxygen atoms in total. The molecule has 0 fully saturated rings. The van der Waals surface area contributed by atoms with Crippen LogP contribution in [0, 0.1) is 0 Å². The Morgan fingerprint density at radius 1 is 1.11 bits per heavy atom. The number of carbonyl (C=O) groups is 1. The average Bonchev–Trinajstić information content (AvgIpc) is 2.83. The SMILES string of the molecule is CC(=O)OCCCN(C)CCC=C1c2ccccc2CSc2ccccc21.Cl. The maximum Gasteiger partial charge on any atom is 0.302 e. The highest BCUT2D eigenvalue weighted by molar-refractivity contribution is 7.98. The molecule has 0 atom stereocenters. The summed E-state index contributed by atoms with van der Waals surface area (Å²) in [4.78, 5) is 14.5. The van der Waals surface area contributed by atoms with Crippen LogP contribution in [-0.2, 0) is 15.3 Å². The van der Waals surface area contributed by atoms with Crippen molar-refractivity contribution >= 4 is 35.7 Å². The molecule has 0 saturated carbocycles.